The van der Waals surface area contributed by atoms with Gasteiger partial charge in [0.25, 0.3) is 0 Å². The zero-order chi connectivity index (χ0) is 14.8. The Bertz CT molecular complexity index is 536. The second-order valence-electron chi connectivity index (χ2n) is 5.52. The summed E-state index contributed by atoms with van der Waals surface area (Å²) in [6.07, 6.45) is 0.986. The van der Waals surface area contributed by atoms with Crippen molar-refractivity contribution in [2.45, 2.75) is 11.8 Å². The number of ether oxygens (including phenoxy) is 2. The van der Waals surface area contributed by atoms with Gasteiger partial charge in [-0.15, -0.1) is 11.8 Å². The van der Waals surface area contributed by atoms with Gasteiger partial charge in [-0.05, 0) is 44.8 Å². The number of fused-ring (bicyclic) bond motifs is 1. The fraction of sp³-hybridized carbons (Fsp3) is 0.533. The lowest BCUT2D eigenvalue weighted by molar-refractivity contribution is -0.128. The Labute approximate surface area is 129 Å². The molecule has 0 aromatic heterocycles. The van der Waals surface area contributed by atoms with Crippen molar-refractivity contribution in [3.05, 3.63) is 23.8 Å². The molecular weight excluding hydrogens is 288 g/mol. The van der Waals surface area contributed by atoms with Crippen LogP contribution < -0.4 is 9.47 Å². The van der Waals surface area contributed by atoms with Crippen molar-refractivity contribution in [1.29, 1.82) is 0 Å². The summed E-state index contributed by atoms with van der Waals surface area (Å²) in [5.41, 5.74) is 1.11. The first-order valence-corrected chi connectivity index (χ1v) is 8.15. The molecule has 0 saturated carbocycles. The third-order valence-electron chi connectivity index (χ3n) is 3.65. The molecule has 114 valence electrons. The summed E-state index contributed by atoms with van der Waals surface area (Å²) in [4.78, 5) is 16.2. The molecule has 0 spiro atoms. The normalized spacial score (nSPS) is 20.6. The first-order chi connectivity index (χ1) is 10.1. The molecule has 0 unspecified atom stereocenters. The van der Waals surface area contributed by atoms with Crippen LogP contribution in [-0.2, 0) is 4.79 Å². The molecule has 3 rings (SSSR count). The Morgan fingerprint density at radius 1 is 1.33 bits per heavy atom. The number of rotatable bonds is 5. The lowest BCUT2D eigenvalue weighted by Crippen LogP contribution is -2.31. The minimum absolute atomic E-state index is 0.0918. The van der Waals surface area contributed by atoms with Crippen LogP contribution in [0.3, 0.4) is 0 Å². The summed E-state index contributed by atoms with van der Waals surface area (Å²) in [6.45, 7) is 2.06. The van der Waals surface area contributed by atoms with Gasteiger partial charge >= 0.3 is 0 Å². The van der Waals surface area contributed by atoms with E-state index in [1.807, 2.05) is 23.1 Å². The van der Waals surface area contributed by atoms with Crippen molar-refractivity contribution >= 4 is 17.7 Å². The average Bonchev–Trinajstić information content (AvgIpc) is 3.05. The van der Waals surface area contributed by atoms with Crippen molar-refractivity contribution < 1.29 is 14.3 Å². The maximum Gasteiger partial charge on any atom is 0.233 e. The maximum atomic E-state index is 12.1. The molecule has 1 aromatic carbocycles. The van der Waals surface area contributed by atoms with E-state index in [4.69, 9.17) is 9.47 Å². The third-order valence-corrected chi connectivity index (χ3v) is 4.91. The number of thioether (sulfide) groups is 1. The van der Waals surface area contributed by atoms with Crippen LogP contribution in [0.5, 0.6) is 11.5 Å². The molecule has 1 aromatic rings. The number of hydrogen-bond acceptors (Lipinski definition) is 5. The third kappa shape index (κ3) is 3.11. The summed E-state index contributed by atoms with van der Waals surface area (Å²) in [6, 6.07) is 5.96. The molecule has 6 heteroatoms. The van der Waals surface area contributed by atoms with Crippen LogP contribution in [0.25, 0.3) is 0 Å². The lowest BCUT2D eigenvalue weighted by Gasteiger charge is -2.25. The molecule has 0 N–H and O–H groups in total. The first kappa shape index (κ1) is 14.5. The molecule has 0 radical (unpaired) electrons. The molecule has 0 bridgehead atoms. The molecule has 0 aliphatic carbocycles. The molecule has 1 saturated heterocycles. The highest BCUT2D eigenvalue weighted by Crippen LogP contribution is 2.42. The minimum Gasteiger partial charge on any atom is -0.454 e. The van der Waals surface area contributed by atoms with E-state index in [1.54, 1.807) is 11.8 Å². The van der Waals surface area contributed by atoms with Gasteiger partial charge in [-0.3, -0.25) is 4.79 Å². The Morgan fingerprint density at radius 2 is 2.14 bits per heavy atom. The van der Waals surface area contributed by atoms with Crippen LogP contribution in [0.1, 0.15) is 17.4 Å². The quantitative estimate of drug-likeness (QED) is 0.831. The predicted molar refractivity (Wildman–Crippen MR) is 82.6 cm³/mol. The summed E-state index contributed by atoms with van der Waals surface area (Å²) in [5, 5.41) is 0.0918. The lowest BCUT2D eigenvalue weighted by atomic mass is 10.1. The minimum atomic E-state index is 0.0918. The van der Waals surface area contributed by atoms with Gasteiger partial charge < -0.3 is 19.3 Å². The van der Waals surface area contributed by atoms with Crippen molar-refractivity contribution in [1.82, 2.24) is 9.80 Å². The number of hydrogen-bond donors (Lipinski definition) is 0. The van der Waals surface area contributed by atoms with Gasteiger partial charge in [0.1, 0.15) is 5.37 Å². The van der Waals surface area contributed by atoms with E-state index in [-0.39, 0.29) is 18.1 Å². The molecule has 2 aliphatic rings. The van der Waals surface area contributed by atoms with Crippen molar-refractivity contribution in [3.8, 4) is 11.5 Å². The highest BCUT2D eigenvalue weighted by molar-refractivity contribution is 8.00. The van der Waals surface area contributed by atoms with E-state index < -0.39 is 0 Å². The van der Waals surface area contributed by atoms with Crippen LogP contribution in [0.15, 0.2) is 18.2 Å². The highest BCUT2D eigenvalue weighted by atomic mass is 32.2. The van der Waals surface area contributed by atoms with E-state index in [1.165, 1.54) is 0 Å². The van der Waals surface area contributed by atoms with Gasteiger partial charge in [-0.25, -0.2) is 0 Å². The zero-order valence-electron chi connectivity index (χ0n) is 12.4. The fourth-order valence-corrected chi connectivity index (χ4v) is 3.80. The van der Waals surface area contributed by atoms with Gasteiger partial charge in [0.05, 0.1) is 5.75 Å². The largest absolute Gasteiger partial charge is 0.454 e. The SMILES string of the molecule is CN(C)CCCN1C(=O)CS[C@H]1c1ccc2c(c1)OCO2. The van der Waals surface area contributed by atoms with Crippen LogP contribution in [0.2, 0.25) is 0 Å². The maximum absolute atomic E-state index is 12.1. The monoisotopic (exact) mass is 308 g/mol. The van der Waals surface area contributed by atoms with Crippen LogP contribution in [-0.4, -0.2) is 55.4 Å². The zero-order valence-corrected chi connectivity index (χ0v) is 13.2. The second kappa shape index (κ2) is 6.15. The molecule has 2 heterocycles. The topological polar surface area (TPSA) is 42.0 Å². The predicted octanol–water partition coefficient (Wildman–Crippen LogP) is 1.94. The van der Waals surface area contributed by atoms with Crippen LogP contribution in [0.4, 0.5) is 0 Å². The smallest absolute Gasteiger partial charge is 0.233 e. The average molecular weight is 308 g/mol. The first-order valence-electron chi connectivity index (χ1n) is 7.10. The van der Waals surface area contributed by atoms with Crippen LogP contribution in [0, 0.1) is 0 Å². The number of benzene rings is 1. The van der Waals surface area contributed by atoms with E-state index in [0.29, 0.717) is 5.75 Å². The number of carbonyl (C=O) groups is 1. The van der Waals surface area contributed by atoms with Gasteiger partial charge in [0, 0.05) is 6.54 Å². The molecule has 21 heavy (non-hydrogen) atoms. The summed E-state index contributed by atoms with van der Waals surface area (Å²) >= 11 is 1.68. The fourth-order valence-electron chi connectivity index (χ4n) is 2.60. The number of carbonyl (C=O) groups excluding carboxylic acids is 1. The van der Waals surface area contributed by atoms with Gasteiger partial charge in [0.15, 0.2) is 11.5 Å². The highest BCUT2D eigenvalue weighted by Gasteiger charge is 2.33. The van der Waals surface area contributed by atoms with Gasteiger partial charge in [-0.2, -0.15) is 0 Å². The number of nitrogens with zero attached hydrogens (tertiary/aromatic N) is 2. The van der Waals surface area contributed by atoms with Crippen LogP contribution >= 0.6 is 11.8 Å². The molecular formula is C15H20N2O3S. The summed E-state index contributed by atoms with van der Waals surface area (Å²) in [5.74, 6) is 2.34. The summed E-state index contributed by atoms with van der Waals surface area (Å²) in [7, 11) is 4.10. The molecule has 5 nitrogen and oxygen atoms in total. The van der Waals surface area contributed by atoms with Gasteiger partial charge in [-0.1, -0.05) is 6.07 Å². The Morgan fingerprint density at radius 3 is 2.95 bits per heavy atom. The Kier molecular flexibility index (Phi) is 4.26. The van der Waals surface area contributed by atoms with E-state index in [0.717, 1.165) is 36.6 Å². The van der Waals surface area contributed by atoms with Crippen molar-refractivity contribution in [2.75, 3.05) is 39.7 Å². The molecule has 1 fully saturated rings. The Hall–Kier alpha value is -1.40. The number of amides is 1. The second-order valence-corrected chi connectivity index (χ2v) is 6.59. The van der Waals surface area contributed by atoms with E-state index in [9.17, 15) is 4.79 Å². The van der Waals surface area contributed by atoms with Gasteiger partial charge in [0.2, 0.25) is 12.7 Å². The standard InChI is InChI=1S/C15H20N2O3S/c1-16(2)6-3-7-17-14(18)9-21-15(17)11-4-5-12-13(8-11)20-10-19-12/h4-5,8,15H,3,6-7,9-10H2,1-2H3/t15-/m0/s1. The van der Waals surface area contributed by atoms with Crippen molar-refractivity contribution in [2.24, 2.45) is 0 Å². The molecule has 1 amide bonds. The van der Waals surface area contributed by atoms with Crippen molar-refractivity contribution in [3.63, 3.8) is 0 Å². The van der Waals surface area contributed by atoms with E-state index >= 15 is 0 Å². The van der Waals surface area contributed by atoms with E-state index in [2.05, 4.69) is 19.0 Å². The summed E-state index contributed by atoms with van der Waals surface area (Å²) < 4.78 is 10.8. The Balaban J connectivity index is 1.72. The molecule has 1 atom stereocenters. The molecule has 2 aliphatic heterocycles.